The average Bonchev–Trinajstić information content (AvgIpc) is 2.82. The number of benzene rings is 4. The minimum absolute atomic E-state index is 0.0152. The number of anilines is 1. The van der Waals surface area contributed by atoms with Crippen LogP contribution < -0.4 is 16.6 Å². The Morgan fingerprint density at radius 2 is 1.38 bits per heavy atom. The lowest BCUT2D eigenvalue weighted by atomic mass is 9.93. The molecule has 4 aromatic rings. The molecule has 0 aliphatic heterocycles. The standard InChI is InChI=1S/C22H23N3O9S3/c23-25-20(26)4-2-1-3-9-24-16-10-18(36(29,30)31)14-8-6-13-17(35(27)28)11-19(37(32,33)34)15-7-5-12(16)21(14)22(13)15/h5-8,10-11,24H,1-4,9,23H2,(H,25,26)(H,27,28)(H,29,30,31)(H,32,33,34). The summed E-state index contributed by atoms with van der Waals surface area (Å²) < 4.78 is 90.5. The van der Waals surface area contributed by atoms with Gasteiger partial charge in [-0.15, -0.1) is 0 Å². The van der Waals surface area contributed by atoms with Gasteiger partial charge in [-0.1, -0.05) is 30.7 Å². The van der Waals surface area contributed by atoms with Crippen molar-refractivity contribution >= 4 is 75.2 Å². The Labute approximate surface area is 214 Å². The first kappa shape index (κ1) is 27.1. The molecule has 1 amide bonds. The van der Waals surface area contributed by atoms with Gasteiger partial charge < -0.3 is 9.87 Å². The zero-order chi connectivity index (χ0) is 27.1. The number of rotatable bonds is 10. The van der Waals surface area contributed by atoms with Gasteiger partial charge in [0.2, 0.25) is 5.91 Å². The normalized spacial score (nSPS) is 13.4. The van der Waals surface area contributed by atoms with Crippen LogP contribution in [0.2, 0.25) is 0 Å². The van der Waals surface area contributed by atoms with Crippen molar-refractivity contribution in [2.75, 3.05) is 11.9 Å². The van der Waals surface area contributed by atoms with Gasteiger partial charge in [-0.3, -0.25) is 19.3 Å². The Kier molecular flexibility index (Phi) is 7.40. The van der Waals surface area contributed by atoms with E-state index in [0.717, 1.165) is 6.07 Å². The first-order chi connectivity index (χ1) is 17.3. The van der Waals surface area contributed by atoms with Crippen LogP contribution in [0.25, 0.3) is 32.3 Å². The van der Waals surface area contributed by atoms with Crippen LogP contribution >= 0.6 is 0 Å². The van der Waals surface area contributed by atoms with Gasteiger partial charge >= 0.3 is 0 Å². The molecule has 0 aliphatic rings. The third kappa shape index (κ3) is 5.24. The van der Waals surface area contributed by atoms with Crippen LogP contribution in [0, 0.1) is 0 Å². The fourth-order valence-corrected chi connectivity index (χ4v) is 6.58. The number of hydrazine groups is 1. The lowest BCUT2D eigenvalue weighted by molar-refractivity contribution is -0.121. The second kappa shape index (κ2) is 10.1. The van der Waals surface area contributed by atoms with Crippen molar-refractivity contribution < 1.29 is 39.5 Å². The Morgan fingerprint density at radius 1 is 0.838 bits per heavy atom. The van der Waals surface area contributed by atoms with Crippen LogP contribution in [-0.4, -0.2) is 47.2 Å². The number of carbonyl (C=O) groups excluding carboxylic acids is 1. The molecule has 0 aromatic heterocycles. The summed E-state index contributed by atoms with van der Waals surface area (Å²) in [5.41, 5.74) is 2.37. The van der Waals surface area contributed by atoms with Crippen LogP contribution in [0.1, 0.15) is 25.7 Å². The SMILES string of the molecule is NNC(=O)CCCCCNc1cc(S(=O)(=O)O)c2ccc3c(S(=O)O)cc(S(=O)(=O)O)c4ccc1c2c34. The summed E-state index contributed by atoms with van der Waals surface area (Å²) in [6.07, 6.45) is 2.12. The van der Waals surface area contributed by atoms with Gasteiger partial charge in [0.05, 0.1) is 4.90 Å². The third-order valence-electron chi connectivity index (χ3n) is 6.09. The average molecular weight is 570 g/mol. The first-order valence-corrected chi connectivity index (χ1v) is 14.9. The van der Waals surface area contributed by atoms with Gasteiger partial charge in [-0.2, -0.15) is 16.8 Å². The van der Waals surface area contributed by atoms with E-state index >= 15 is 0 Å². The zero-order valence-electron chi connectivity index (χ0n) is 19.1. The number of unbranched alkanes of at least 4 members (excludes halogenated alkanes) is 2. The smallest absolute Gasteiger partial charge is 0.295 e. The lowest BCUT2D eigenvalue weighted by Gasteiger charge is -2.19. The molecule has 0 heterocycles. The maximum Gasteiger partial charge on any atom is 0.295 e. The molecule has 0 fully saturated rings. The Morgan fingerprint density at radius 3 is 1.95 bits per heavy atom. The maximum absolute atomic E-state index is 12.3. The van der Waals surface area contributed by atoms with Gasteiger partial charge in [0, 0.05) is 51.0 Å². The summed E-state index contributed by atoms with van der Waals surface area (Å²) in [5, 5.41) is 4.21. The molecular formula is C22H23N3O9S3. The number of carbonyl (C=O) groups is 1. The number of nitrogens with one attached hydrogen (secondary N) is 2. The van der Waals surface area contributed by atoms with Gasteiger partial charge in [-0.25, -0.2) is 10.1 Å². The topological polar surface area (TPSA) is 213 Å². The number of amides is 1. The molecule has 12 nitrogen and oxygen atoms in total. The van der Waals surface area contributed by atoms with Crippen LogP contribution in [0.3, 0.4) is 0 Å². The van der Waals surface area contributed by atoms with E-state index in [2.05, 4.69) is 5.32 Å². The molecule has 198 valence electrons. The fraction of sp³-hybridized carbons (Fsp3) is 0.227. The van der Waals surface area contributed by atoms with Crippen LogP contribution in [0.4, 0.5) is 5.69 Å². The van der Waals surface area contributed by atoms with Gasteiger partial charge in [0.25, 0.3) is 20.2 Å². The van der Waals surface area contributed by atoms with Crippen molar-refractivity contribution in [2.24, 2.45) is 5.84 Å². The van der Waals surface area contributed by atoms with E-state index in [0.29, 0.717) is 36.9 Å². The zero-order valence-corrected chi connectivity index (χ0v) is 21.5. The number of nitrogens with two attached hydrogens (primary N) is 1. The van der Waals surface area contributed by atoms with Crippen molar-refractivity contribution in [3.8, 4) is 0 Å². The molecule has 0 saturated heterocycles. The molecule has 1 unspecified atom stereocenters. The van der Waals surface area contributed by atoms with Gasteiger partial charge in [0.15, 0.2) is 11.1 Å². The first-order valence-electron chi connectivity index (χ1n) is 10.9. The molecule has 4 aromatic carbocycles. The summed E-state index contributed by atoms with van der Waals surface area (Å²) in [4.78, 5) is 9.90. The second-order valence-electron chi connectivity index (χ2n) is 8.37. The highest BCUT2D eigenvalue weighted by Crippen LogP contribution is 2.44. The third-order valence-corrected chi connectivity index (χ3v) is 8.59. The highest BCUT2D eigenvalue weighted by molar-refractivity contribution is 7.86. The number of hydrogen-bond donors (Lipinski definition) is 6. The van der Waals surface area contributed by atoms with E-state index < -0.39 is 41.1 Å². The monoisotopic (exact) mass is 569 g/mol. The van der Waals surface area contributed by atoms with E-state index in [1.54, 1.807) is 0 Å². The maximum atomic E-state index is 12.3. The summed E-state index contributed by atoms with van der Waals surface area (Å²) in [7, 11) is -9.57. The second-order valence-corrected chi connectivity index (χ2v) is 12.1. The molecule has 0 bridgehead atoms. The number of hydrogen-bond acceptors (Lipinski definition) is 8. The predicted molar refractivity (Wildman–Crippen MR) is 138 cm³/mol. The van der Waals surface area contributed by atoms with Crippen molar-refractivity contribution in [1.82, 2.24) is 5.43 Å². The summed E-state index contributed by atoms with van der Waals surface area (Å²) >= 11 is -2.64. The van der Waals surface area contributed by atoms with Crippen molar-refractivity contribution in [3.05, 3.63) is 36.4 Å². The molecule has 37 heavy (non-hydrogen) atoms. The van der Waals surface area contributed by atoms with Crippen molar-refractivity contribution in [2.45, 2.75) is 40.4 Å². The van der Waals surface area contributed by atoms with Crippen LogP contribution in [0.5, 0.6) is 0 Å². The predicted octanol–water partition coefficient (Wildman–Crippen LogP) is 2.62. The minimum atomic E-state index is -4.83. The van der Waals surface area contributed by atoms with Crippen molar-refractivity contribution in [3.63, 3.8) is 0 Å². The highest BCUT2D eigenvalue weighted by Gasteiger charge is 2.26. The molecular weight excluding hydrogens is 546 g/mol. The van der Waals surface area contributed by atoms with E-state index in [-0.39, 0.29) is 44.2 Å². The Bertz CT molecular complexity index is 1770. The molecule has 4 rings (SSSR count). The van der Waals surface area contributed by atoms with Gasteiger partial charge in [0.1, 0.15) is 9.79 Å². The highest BCUT2D eigenvalue weighted by atomic mass is 32.2. The minimum Gasteiger partial charge on any atom is -0.385 e. The lowest BCUT2D eigenvalue weighted by Crippen LogP contribution is -2.29. The van der Waals surface area contributed by atoms with E-state index in [9.17, 15) is 39.5 Å². The van der Waals surface area contributed by atoms with Crippen molar-refractivity contribution in [1.29, 1.82) is 0 Å². The van der Waals surface area contributed by atoms with Crippen LogP contribution in [-0.2, 0) is 36.1 Å². The Balaban J connectivity index is 1.93. The van der Waals surface area contributed by atoms with E-state index in [1.807, 2.05) is 5.43 Å². The molecule has 7 N–H and O–H groups in total. The summed E-state index contributed by atoms with van der Waals surface area (Å²) in [6, 6.07) is 7.84. The fourth-order valence-electron chi connectivity index (χ4n) is 4.50. The van der Waals surface area contributed by atoms with E-state index in [1.165, 1.54) is 30.3 Å². The summed E-state index contributed by atoms with van der Waals surface area (Å²) in [6.45, 7) is 0.376. The molecule has 0 aliphatic carbocycles. The molecule has 0 radical (unpaired) electrons. The molecule has 0 saturated carbocycles. The molecule has 15 heteroatoms. The molecule has 0 spiro atoms. The Hall–Kier alpha value is -2.92. The molecule has 1 atom stereocenters. The van der Waals surface area contributed by atoms with E-state index in [4.69, 9.17) is 5.84 Å². The quantitative estimate of drug-likeness (QED) is 0.0310. The summed E-state index contributed by atoms with van der Waals surface area (Å²) in [5.74, 6) is 4.77. The van der Waals surface area contributed by atoms with Gasteiger partial charge in [-0.05, 0) is 25.0 Å². The van der Waals surface area contributed by atoms with Crippen LogP contribution in [0.15, 0.2) is 51.1 Å². The largest absolute Gasteiger partial charge is 0.385 e.